The van der Waals surface area contributed by atoms with Crippen LogP contribution in [0.15, 0.2) is 23.6 Å². The number of rotatable bonds is 5. The molecule has 3 rings (SSSR count). The van der Waals surface area contributed by atoms with Gasteiger partial charge in [0.15, 0.2) is 0 Å². The molecule has 1 aromatic carbocycles. The molecular weight excluding hydrogens is 283 g/mol. The van der Waals surface area contributed by atoms with Gasteiger partial charge >= 0.3 is 0 Å². The van der Waals surface area contributed by atoms with E-state index in [-0.39, 0.29) is 10.8 Å². The fraction of sp³-hybridized carbons (Fsp3) is 0.357. The molecule has 1 fully saturated rings. The number of aromatic nitrogens is 1. The molecule has 100 valence electrons. The molecule has 1 saturated carbocycles. The highest BCUT2D eigenvalue weighted by molar-refractivity contribution is 7.09. The number of nitrogens with zero attached hydrogens (tertiary/aromatic N) is 1. The molecule has 1 aliphatic rings. The van der Waals surface area contributed by atoms with Crippen molar-refractivity contribution in [3.8, 4) is 0 Å². The van der Waals surface area contributed by atoms with Crippen LogP contribution in [0.5, 0.6) is 0 Å². The fourth-order valence-electron chi connectivity index (χ4n) is 1.90. The number of thiazole rings is 1. The molecule has 0 unspecified atom stereocenters. The summed E-state index contributed by atoms with van der Waals surface area (Å²) >= 11 is 7.34. The van der Waals surface area contributed by atoms with E-state index in [1.165, 1.54) is 12.8 Å². The molecule has 2 nitrogen and oxygen atoms in total. The summed E-state index contributed by atoms with van der Waals surface area (Å²) in [6.45, 7) is 0.805. The van der Waals surface area contributed by atoms with Crippen LogP contribution >= 0.6 is 22.9 Å². The molecule has 0 spiro atoms. The molecule has 0 aliphatic heterocycles. The van der Waals surface area contributed by atoms with Gasteiger partial charge in [-0.1, -0.05) is 23.7 Å². The van der Waals surface area contributed by atoms with Crippen molar-refractivity contribution in [3.63, 3.8) is 0 Å². The second kappa shape index (κ2) is 5.57. The molecule has 2 aromatic rings. The van der Waals surface area contributed by atoms with Crippen molar-refractivity contribution in [3.05, 3.63) is 50.7 Å². The SMILES string of the molecule is Fc1c(Cl)cccc1Cc1nc(CNC2CC2)cs1. The molecule has 1 aliphatic carbocycles. The van der Waals surface area contributed by atoms with E-state index in [9.17, 15) is 4.39 Å². The molecule has 0 amide bonds. The van der Waals surface area contributed by atoms with Gasteiger partial charge in [-0.05, 0) is 24.5 Å². The Hall–Kier alpha value is -0.970. The van der Waals surface area contributed by atoms with Crippen LogP contribution in [0, 0.1) is 5.82 Å². The van der Waals surface area contributed by atoms with Crippen molar-refractivity contribution in [2.45, 2.75) is 31.8 Å². The quantitative estimate of drug-likeness (QED) is 0.908. The van der Waals surface area contributed by atoms with Crippen LogP contribution in [0.2, 0.25) is 5.02 Å². The molecule has 1 N–H and O–H groups in total. The second-order valence-corrected chi connectivity index (χ2v) is 6.13. The van der Waals surface area contributed by atoms with Gasteiger partial charge in [0, 0.05) is 24.4 Å². The normalized spacial score (nSPS) is 14.8. The highest BCUT2D eigenvalue weighted by Gasteiger charge is 2.20. The third-order valence-electron chi connectivity index (χ3n) is 3.12. The Balaban J connectivity index is 1.67. The van der Waals surface area contributed by atoms with Crippen LogP contribution in [-0.4, -0.2) is 11.0 Å². The summed E-state index contributed by atoms with van der Waals surface area (Å²) < 4.78 is 13.8. The zero-order chi connectivity index (χ0) is 13.2. The zero-order valence-electron chi connectivity index (χ0n) is 10.3. The first-order chi connectivity index (χ1) is 9.22. The number of halogens is 2. The van der Waals surface area contributed by atoms with Crippen LogP contribution in [0.25, 0.3) is 0 Å². The van der Waals surface area contributed by atoms with Gasteiger partial charge in [0.2, 0.25) is 0 Å². The van der Waals surface area contributed by atoms with Crippen LogP contribution in [0.3, 0.4) is 0 Å². The predicted molar refractivity (Wildman–Crippen MR) is 76.2 cm³/mol. The molecule has 0 radical (unpaired) electrons. The molecule has 1 heterocycles. The standard InChI is InChI=1S/C14H14ClFN2S/c15-12-3-1-2-9(14(12)16)6-13-18-11(8-19-13)7-17-10-4-5-10/h1-3,8,10,17H,4-7H2. The smallest absolute Gasteiger partial charge is 0.145 e. The molecule has 1 aromatic heterocycles. The van der Waals surface area contributed by atoms with E-state index in [2.05, 4.69) is 10.3 Å². The number of benzene rings is 1. The van der Waals surface area contributed by atoms with E-state index in [0.29, 0.717) is 18.0 Å². The minimum Gasteiger partial charge on any atom is -0.308 e. The first-order valence-corrected chi connectivity index (χ1v) is 7.57. The summed E-state index contributed by atoms with van der Waals surface area (Å²) in [5.74, 6) is -0.336. The molecule has 5 heteroatoms. The highest BCUT2D eigenvalue weighted by atomic mass is 35.5. The predicted octanol–water partition coefficient (Wildman–Crippen LogP) is 3.78. The maximum Gasteiger partial charge on any atom is 0.145 e. The minimum atomic E-state index is -0.336. The van der Waals surface area contributed by atoms with E-state index in [0.717, 1.165) is 17.2 Å². The monoisotopic (exact) mass is 296 g/mol. The van der Waals surface area contributed by atoms with Gasteiger partial charge in [0.25, 0.3) is 0 Å². The Morgan fingerprint density at radius 1 is 1.42 bits per heavy atom. The Kier molecular flexibility index (Phi) is 3.82. The Morgan fingerprint density at radius 2 is 2.26 bits per heavy atom. The average Bonchev–Trinajstić information content (AvgIpc) is 3.13. The van der Waals surface area contributed by atoms with Crippen molar-refractivity contribution in [1.29, 1.82) is 0 Å². The van der Waals surface area contributed by atoms with Crippen molar-refractivity contribution in [2.75, 3.05) is 0 Å². The Labute approximate surface area is 120 Å². The Morgan fingerprint density at radius 3 is 3.05 bits per heavy atom. The van der Waals surface area contributed by atoms with Crippen molar-refractivity contribution < 1.29 is 4.39 Å². The van der Waals surface area contributed by atoms with E-state index in [4.69, 9.17) is 11.6 Å². The van der Waals surface area contributed by atoms with E-state index >= 15 is 0 Å². The van der Waals surface area contributed by atoms with Crippen LogP contribution in [-0.2, 0) is 13.0 Å². The van der Waals surface area contributed by atoms with Crippen LogP contribution < -0.4 is 5.32 Å². The lowest BCUT2D eigenvalue weighted by Gasteiger charge is -2.02. The molecule has 0 bridgehead atoms. The number of hydrogen-bond donors (Lipinski definition) is 1. The van der Waals surface area contributed by atoms with Gasteiger partial charge in [-0.2, -0.15) is 0 Å². The molecule has 0 atom stereocenters. The van der Waals surface area contributed by atoms with Gasteiger partial charge in [-0.15, -0.1) is 11.3 Å². The van der Waals surface area contributed by atoms with Gasteiger partial charge in [-0.3, -0.25) is 0 Å². The first kappa shape index (κ1) is 13.0. The summed E-state index contributed by atoms with van der Waals surface area (Å²) in [4.78, 5) is 4.52. The van der Waals surface area contributed by atoms with Crippen molar-refractivity contribution in [1.82, 2.24) is 10.3 Å². The molecular formula is C14H14ClFN2S. The average molecular weight is 297 g/mol. The summed E-state index contributed by atoms with van der Waals surface area (Å²) in [5.41, 5.74) is 1.64. The van der Waals surface area contributed by atoms with Gasteiger partial charge in [-0.25, -0.2) is 9.37 Å². The van der Waals surface area contributed by atoms with E-state index in [1.54, 1.807) is 29.5 Å². The van der Waals surface area contributed by atoms with Crippen LogP contribution in [0.4, 0.5) is 4.39 Å². The summed E-state index contributed by atoms with van der Waals surface area (Å²) in [7, 11) is 0. The van der Waals surface area contributed by atoms with E-state index < -0.39 is 0 Å². The largest absolute Gasteiger partial charge is 0.308 e. The number of nitrogens with one attached hydrogen (secondary N) is 1. The van der Waals surface area contributed by atoms with E-state index in [1.807, 2.05) is 5.38 Å². The topological polar surface area (TPSA) is 24.9 Å². The summed E-state index contributed by atoms with van der Waals surface area (Å²) in [5, 5.41) is 6.55. The highest BCUT2D eigenvalue weighted by Crippen LogP contribution is 2.23. The third kappa shape index (κ3) is 3.32. The molecule has 19 heavy (non-hydrogen) atoms. The zero-order valence-corrected chi connectivity index (χ0v) is 11.9. The van der Waals surface area contributed by atoms with Crippen LogP contribution in [0.1, 0.15) is 29.1 Å². The lowest BCUT2D eigenvalue weighted by Crippen LogP contribution is -2.15. The van der Waals surface area contributed by atoms with Gasteiger partial charge in [0.05, 0.1) is 15.7 Å². The Bertz CT molecular complexity index is 581. The third-order valence-corrected chi connectivity index (χ3v) is 4.31. The maximum absolute atomic E-state index is 13.8. The molecule has 0 saturated heterocycles. The summed E-state index contributed by atoms with van der Waals surface area (Å²) in [6.07, 6.45) is 3.04. The number of hydrogen-bond acceptors (Lipinski definition) is 3. The maximum atomic E-state index is 13.8. The minimum absolute atomic E-state index is 0.171. The fourth-order valence-corrected chi connectivity index (χ4v) is 2.91. The lowest BCUT2D eigenvalue weighted by molar-refractivity contribution is 0.614. The van der Waals surface area contributed by atoms with Crippen molar-refractivity contribution in [2.24, 2.45) is 0 Å². The second-order valence-electron chi connectivity index (χ2n) is 4.78. The summed E-state index contributed by atoms with van der Waals surface area (Å²) in [6, 6.07) is 5.76. The first-order valence-electron chi connectivity index (χ1n) is 6.32. The van der Waals surface area contributed by atoms with Gasteiger partial charge in [0.1, 0.15) is 5.82 Å². The van der Waals surface area contributed by atoms with Gasteiger partial charge < -0.3 is 5.32 Å². The lowest BCUT2D eigenvalue weighted by atomic mass is 10.1. The van der Waals surface area contributed by atoms with Crippen molar-refractivity contribution >= 4 is 22.9 Å².